The number of hydrogen-bond donors (Lipinski definition) is 0. The Morgan fingerprint density at radius 1 is 1.15 bits per heavy atom. The second-order valence-corrected chi connectivity index (χ2v) is 6.03. The van der Waals surface area contributed by atoms with Crippen molar-refractivity contribution in [2.24, 2.45) is 0 Å². The van der Waals surface area contributed by atoms with Crippen molar-refractivity contribution in [3.8, 4) is 0 Å². The molecule has 3 nitrogen and oxygen atoms in total. The molecule has 0 aliphatic heterocycles. The van der Waals surface area contributed by atoms with Gasteiger partial charge in [-0.2, -0.15) is 4.98 Å². The van der Waals surface area contributed by atoms with E-state index in [1.165, 1.54) is 11.1 Å². The standard InChI is InChI=1S/C15H14ClN3S/c1-10-3-5-11(6-4-10)9-19(2)13-12-7-8-20-14(12)18-15(16)17-13/h3-8H,9H2,1-2H3. The number of aromatic nitrogens is 2. The third kappa shape index (κ3) is 2.62. The van der Waals surface area contributed by atoms with Crippen LogP contribution < -0.4 is 4.90 Å². The number of fused-ring (bicyclic) bond motifs is 1. The maximum absolute atomic E-state index is 6.01. The van der Waals surface area contributed by atoms with Crippen LogP contribution in [0.25, 0.3) is 10.2 Å². The summed E-state index contributed by atoms with van der Waals surface area (Å²) in [6.45, 7) is 2.88. The van der Waals surface area contributed by atoms with Gasteiger partial charge in [-0.05, 0) is 35.5 Å². The summed E-state index contributed by atoms with van der Waals surface area (Å²) in [4.78, 5) is 11.6. The lowest BCUT2D eigenvalue weighted by Crippen LogP contribution is -2.18. The maximum Gasteiger partial charge on any atom is 0.225 e. The van der Waals surface area contributed by atoms with Crippen LogP contribution in [0.3, 0.4) is 0 Å². The van der Waals surface area contributed by atoms with Crippen LogP contribution in [0.4, 0.5) is 5.82 Å². The fourth-order valence-corrected chi connectivity index (χ4v) is 3.12. The third-order valence-electron chi connectivity index (χ3n) is 3.18. The van der Waals surface area contributed by atoms with Gasteiger partial charge in [-0.15, -0.1) is 11.3 Å². The van der Waals surface area contributed by atoms with Crippen LogP contribution in [0.2, 0.25) is 5.28 Å². The zero-order chi connectivity index (χ0) is 14.1. The Morgan fingerprint density at radius 3 is 2.65 bits per heavy atom. The summed E-state index contributed by atoms with van der Waals surface area (Å²) >= 11 is 7.59. The van der Waals surface area contributed by atoms with E-state index >= 15 is 0 Å². The highest BCUT2D eigenvalue weighted by atomic mass is 35.5. The smallest absolute Gasteiger partial charge is 0.225 e. The van der Waals surface area contributed by atoms with Gasteiger partial charge in [0.25, 0.3) is 0 Å². The van der Waals surface area contributed by atoms with E-state index in [2.05, 4.69) is 46.1 Å². The summed E-state index contributed by atoms with van der Waals surface area (Å²) in [5, 5.41) is 3.36. The zero-order valence-corrected chi connectivity index (χ0v) is 12.9. The summed E-state index contributed by atoms with van der Waals surface area (Å²) in [5.74, 6) is 0.877. The molecule has 0 saturated heterocycles. The van der Waals surface area contributed by atoms with Crippen LogP contribution in [0.1, 0.15) is 11.1 Å². The SMILES string of the molecule is Cc1ccc(CN(C)c2nc(Cl)nc3sccc23)cc1. The van der Waals surface area contributed by atoms with Crippen LogP contribution in [0, 0.1) is 6.92 Å². The van der Waals surface area contributed by atoms with Gasteiger partial charge in [0.2, 0.25) is 5.28 Å². The van der Waals surface area contributed by atoms with Crippen LogP contribution >= 0.6 is 22.9 Å². The molecule has 1 aromatic carbocycles. The molecule has 0 amide bonds. The van der Waals surface area contributed by atoms with Crippen molar-refractivity contribution in [3.63, 3.8) is 0 Å². The van der Waals surface area contributed by atoms with Gasteiger partial charge in [-0.3, -0.25) is 0 Å². The van der Waals surface area contributed by atoms with E-state index in [4.69, 9.17) is 11.6 Å². The predicted molar refractivity (Wildman–Crippen MR) is 85.7 cm³/mol. The Bertz CT molecular complexity index is 736. The molecule has 20 heavy (non-hydrogen) atoms. The van der Waals surface area contributed by atoms with Gasteiger partial charge < -0.3 is 4.90 Å². The number of benzene rings is 1. The van der Waals surface area contributed by atoms with Crippen LogP contribution in [-0.4, -0.2) is 17.0 Å². The normalized spacial score (nSPS) is 10.9. The first kappa shape index (κ1) is 13.3. The lowest BCUT2D eigenvalue weighted by atomic mass is 10.1. The Kier molecular flexibility index (Phi) is 3.59. The van der Waals surface area contributed by atoms with Gasteiger partial charge in [-0.1, -0.05) is 29.8 Å². The minimum Gasteiger partial charge on any atom is -0.355 e. The molecule has 102 valence electrons. The number of rotatable bonds is 3. The van der Waals surface area contributed by atoms with E-state index in [0.29, 0.717) is 5.28 Å². The highest BCUT2D eigenvalue weighted by Crippen LogP contribution is 2.29. The number of anilines is 1. The van der Waals surface area contributed by atoms with E-state index in [-0.39, 0.29) is 0 Å². The van der Waals surface area contributed by atoms with Crippen molar-refractivity contribution >= 4 is 39.0 Å². The number of thiophene rings is 1. The minimum atomic E-state index is 0.297. The van der Waals surface area contributed by atoms with Crippen molar-refractivity contribution < 1.29 is 0 Å². The first-order valence-electron chi connectivity index (χ1n) is 6.31. The topological polar surface area (TPSA) is 29.0 Å². The molecule has 0 radical (unpaired) electrons. The average Bonchev–Trinajstić information content (AvgIpc) is 2.88. The number of aryl methyl sites for hydroxylation is 1. The second kappa shape index (κ2) is 5.38. The summed E-state index contributed by atoms with van der Waals surface area (Å²) < 4.78 is 0. The molecule has 0 atom stereocenters. The van der Waals surface area contributed by atoms with Crippen molar-refractivity contribution in [3.05, 3.63) is 52.1 Å². The summed E-state index contributed by atoms with van der Waals surface area (Å²) in [5.41, 5.74) is 2.51. The molecule has 0 fully saturated rings. The molecule has 0 aliphatic rings. The van der Waals surface area contributed by atoms with Crippen molar-refractivity contribution in [1.29, 1.82) is 0 Å². The van der Waals surface area contributed by atoms with Gasteiger partial charge in [0.15, 0.2) is 0 Å². The second-order valence-electron chi connectivity index (χ2n) is 4.80. The maximum atomic E-state index is 6.01. The van der Waals surface area contributed by atoms with E-state index in [1.807, 2.05) is 18.5 Å². The monoisotopic (exact) mass is 303 g/mol. The van der Waals surface area contributed by atoms with Crippen molar-refractivity contribution in [2.75, 3.05) is 11.9 Å². The number of halogens is 1. The summed E-state index contributed by atoms with van der Waals surface area (Å²) in [6.07, 6.45) is 0. The first-order valence-corrected chi connectivity index (χ1v) is 7.56. The van der Waals surface area contributed by atoms with E-state index in [1.54, 1.807) is 11.3 Å². The molecule has 3 aromatic rings. The van der Waals surface area contributed by atoms with E-state index < -0.39 is 0 Å². The Balaban J connectivity index is 1.93. The van der Waals surface area contributed by atoms with Gasteiger partial charge in [0, 0.05) is 13.6 Å². The lowest BCUT2D eigenvalue weighted by Gasteiger charge is -2.19. The summed E-state index contributed by atoms with van der Waals surface area (Å²) in [6, 6.07) is 10.6. The molecule has 0 bridgehead atoms. The molecule has 0 unspecified atom stereocenters. The van der Waals surface area contributed by atoms with E-state index in [0.717, 1.165) is 22.6 Å². The first-order chi connectivity index (χ1) is 9.63. The molecule has 0 spiro atoms. The Hall–Kier alpha value is -1.65. The Morgan fingerprint density at radius 2 is 1.90 bits per heavy atom. The fourth-order valence-electron chi connectivity index (χ4n) is 2.15. The quantitative estimate of drug-likeness (QED) is 0.676. The Labute approximate surface area is 126 Å². The number of hydrogen-bond acceptors (Lipinski definition) is 4. The highest BCUT2D eigenvalue weighted by Gasteiger charge is 2.12. The summed E-state index contributed by atoms with van der Waals surface area (Å²) in [7, 11) is 2.02. The highest BCUT2D eigenvalue weighted by molar-refractivity contribution is 7.16. The molecular weight excluding hydrogens is 290 g/mol. The van der Waals surface area contributed by atoms with Gasteiger partial charge in [-0.25, -0.2) is 4.98 Å². The van der Waals surface area contributed by atoms with Crippen molar-refractivity contribution in [2.45, 2.75) is 13.5 Å². The van der Waals surface area contributed by atoms with Gasteiger partial charge >= 0.3 is 0 Å². The fraction of sp³-hybridized carbons (Fsp3) is 0.200. The zero-order valence-electron chi connectivity index (χ0n) is 11.3. The van der Waals surface area contributed by atoms with Crippen molar-refractivity contribution in [1.82, 2.24) is 9.97 Å². The number of nitrogens with zero attached hydrogens (tertiary/aromatic N) is 3. The molecule has 0 aliphatic carbocycles. The largest absolute Gasteiger partial charge is 0.355 e. The molecule has 5 heteroatoms. The molecule has 3 rings (SSSR count). The molecular formula is C15H14ClN3S. The van der Waals surface area contributed by atoms with Crippen LogP contribution in [0.5, 0.6) is 0 Å². The van der Waals surface area contributed by atoms with E-state index in [9.17, 15) is 0 Å². The minimum absolute atomic E-state index is 0.297. The predicted octanol–water partition coefficient (Wildman–Crippen LogP) is 4.29. The lowest BCUT2D eigenvalue weighted by molar-refractivity contribution is 0.900. The average molecular weight is 304 g/mol. The third-order valence-corrected chi connectivity index (χ3v) is 4.16. The molecule has 2 aromatic heterocycles. The van der Waals surface area contributed by atoms with Gasteiger partial charge in [0.1, 0.15) is 10.6 Å². The van der Waals surface area contributed by atoms with Gasteiger partial charge in [0.05, 0.1) is 5.39 Å². The molecule has 0 saturated carbocycles. The molecule has 2 heterocycles. The van der Waals surface area contributed by atoms with Crippen LogP contribution in [-0.2, 0) is 6.54 Å². The van der Waals surface area contributed by atoms with Crippen LogP contribution in [0.15, 0.2) is 35.7 Å². The molecule has 0 N–H and O–H groups in total.